The first-order chi connectivity index (χ1) is 10.7. The van der Waals surface area contributed by atoms with E-state index in [2.05, 4.69) is 5.32 Å². The highest BCUT2D eigenvalue weighted by Gasteiger charge is 2.48. The zero-order valence-corrected chi connectivity index (χ0v) is 13.2. The van der Waals surface area contributed by atoms with Gasteiger partial charge in [-0.1, -0.05) is 38.5 Å². The molecule has 3 amide bonds. The van der Waals surface area contributed by atoms with Crippen molar-refractivity contribution < 1.29 is 14.4 Å². The molecule has 0 aromatic rings. The first-order valence-electron chi connectivity index (χ1n) is 8.81. The number of carbonyl (C=O) groups is 3. The summed E-state index contributed by atoms with van der Waals surface area (Å²) in [6.45, 7) is -0.0822. The lowest BCUT2D eigenvalue weighted by Gasteiger charge is -2.19. The molecule has 0 bridgehead atoms. The number of nitrogens with zero attached hydrogens (tertiary/aromatic N) is 1. The summed E-state index contributed by atoms with van der Waals surface area (Å²) in [5.74, 6) is -0.734. The Labute approximate surface area is 131 Å². The molecule has 0 aromatic carbocycles. The fourth-order valence-corrected chi connectivity index (χ4v) is 4.23. The maximum atomic E-state index is 12.4. The summed E-state index contributed by atoms with van der Waals surface area (Å²) in [6.07, 6.45) is 10.4. The molecular weight excluding hydrogens is 280 g/mol. The van der Waals surface area contributed by atoms with E-state index in [9.17, 15) is 14.4 Å². The second kappa shape index (κ2) is 6.80. The molecule has 0 aromatic heterocycles. The van der Waals surface area contributed by atoms with Gasteiger partial charge in [0, 0.05) is 6.04 Å². The molecule has 0 radical (unpaired) electrons. The van der Waals surface area contributed by atoms with Crippen molar-refractivity contribution in [3.05, 3.63) is 0 Å². The fourth-order valence-electron chi connectivity index (χ4n) is 4.23. The van der Waals surface area contributed by atoms with E-state index in [0.29, 0.717) is 0 Å². The number of likely N-dealkylation sites (tertiary alicyclic amines) is 1. The van der Waals surface area contributed by atoms with Crippen LogP contribution in [0.15, 0.2) is 0 Å². The molecule has 2 atom stereocenters. The third-order valence-corrected chi connectivity index (χ3v) is 5.45. The molecule has 3 rings (SSSR count). The van der Waals surface area contributed by atoms with Crippen LogP contribution in [0.2, 0.25) is 0 Å². The molecule has 22 heavy (non-hydrogen) atoms. The Hall–Kier alpha value is -1.39. The summed E-state index contributed by atoms with van der Waals surface area (Å²) >= 11 is 0. The normalized spacial score (nSPS) is 30.1. The van der Waals surface area contributed by atoms with Crippen LogP contribution in [0.4, 0.5) is 0 Å². The van der Waals surface area contributed by atoms with Crippen molar-refractivity contribution in [2.24, 2.45) is 11.8 Å². The zero-order valence-electron chi connectivity index (χ0n) is 13.2. The Morgan fingerprint density at radius 2 is 1.36 bits per heavy atom. The zero-order chi connectivity index (χ0) is 15.5. The number of carbonyl (C=O) groups excluding carboxylic acids is 3. The average molecular weight is 306 g/mol. The molecule has 2 aliphatic carbocycles. The van der Waals surface area contributed by atoms with Gasteiger partial charge in [0.1, 0.15) is 6.54 Å². The van der Waals surface area contributed by atoms with Gasteiger partial charge in [0.15, 0.2) is 0 Å². The minimum atomic E-state index is -0.174. The van der Waals surface area contributed by atoms with Crippen LogP contribution in [-0.2, 0) is 14.4 Å². The molecule has 5 nitrogen and oxygen atoms in total. The van der Waals surface area contributed by atoms with Crippen LogP contribution in [0.3, 0.4) is 0 Å². The molecule has 1 N–H and O–H groups in total. The van der Waals surface area contributed by atoms with Gasteiger partial charge in [-0.2, -0.15) is 0 Å². The second-order valence-corrected chi connectivity index (χ2v) is 7.02. The van der Waals surface area contributed by atoms with Crippen LogP contribution >= 0.6 is 0 Å². The van der Waals surface area contributed by atoms with Crippen molar-refractivity contribution >= 4 is 17.7 Å². The smallest absolute Gasteiger partial charge is 0.240 e. The molecule has 1 aliphatic heterocycles. The average Bonchev–Trinajstić information content (AvgIpc) is 2.72. The molecular formula is C17H26N2O3. The number of imide groups is 1. The quantitative estimate of drug-likeness (QED) is 0.640. The van der Waals surface area contributed by atoms with Gasteiger partial charge >= 0.3 is 0 Å². The van der Waals surface area contributed by atoms with Crippen LogP contribution in [0.5, 0.6) is 0 Å². The largest absolute Gasteiger partial charge is 0.352 e. The Bertz CT molecular complexity index is 431. The van der Waals surface area contributed by atoms with E-state index < -0.39 is 0 Å². The van der Waals surface area contributed by atoms with Crippen molar-refractivity contribution in [1.82, 2.24) is 10.2 Å². The van der Waals surface area contributed by atoms with E-state index in [1.165, 1.54) is 17.7 Å². The van der Waals surface area contributed by atoms with Crippen LogP contribution in [0, 0.1) is 11.8 Å². The summed E-state index contributed by atoms with van der Waals surface area (Å²) in [5, 5.41) is 3.02. The molecule has 3 aliphatic rings. The molecule has 122 valence electrons. The fraction of sp³-hybridized carbons (Fsp3) is 0.824. The first kappa shape index (κ1) is 15.5. The standard InChI is InChI=1S/C17H26N2O3/c20-15(18-12-7-3-1-2-4-8-12)11-19-16(21)13-9-5-6-10-14(13)17(19)22/h12-14H,1-11H2,(H,18,20)/t13-,14+. The molecule has 0 spiro atoms. The minimum Gasteiger partial charge on any atom is -0.352 e. The molecule has 5 heteroatoms. The van der Waals surface area contributed by atoms with Gasteiger partial charge in [-0.05, 0) is 25.7 Å². The molecule has 2 saturated carbocycles. The molecule has 1 heterocycles. The summed E-state index contributed by atoms with van der Waals surface area (Å²) in [5.41, 5.74) is 0. The number of hydrogen-bond donors (Lipinski definition) is 1. The van der Waals surface area contributed by atoms with Gasteiger partial charge in [-0.25, -0.2) is 0 Å². The minimum absolute atomic E-state index is 0.0822. The first-order valence-corrected chi connectivity index (χ1v) is 8.81. The summed E-state index contributed by atoms with van der Waals surface area (Å²) in [6, 6.07) is 0.213. The van der Waals surface area contributed by atoms with Crippen LogP contribution in [0.25, 0.3) is 0 Å². The number of rotatable bonds is 3. The number of hydrogen-bond acceptors (Lipinski definition) is 3. The Kier molecular flexibility index (Phi) is 4.79. The Morgan fingerprint density at radius 1 is 0.864 bits per heavy atom. The SMILES string of the molecule is O=C(CN1C(=O)[C@H]2CCCC[C@H]2C1=O)NC1CCCCCC1. The lowest BCUT2D eigenvalue weighted by molar-refractivity contribution is -0.143. The number of fused-ring (bicyclic) bond motifs is 1. The molecule has 1 saturated heterocycles. The Balaban J connectivity index is 1.56. The summed E-state index contributed by atoms with van der Waals surface area (Å²) in [4.78, 5) is 38.1. The van der Waals surface area contributed by atoms with Gasteiger partial charge in [0.2, 0.25) is 17.7 Å². The topological polar surface area (TPSA) is 66.5 Å². The van der Waals surface area contributed by atoms with E-state index in [0.717, 1.165) is 51.4 Å². The maximum absolute atomic E-state index is 12.4. The highest BCUT2D eigenvalue weighted by Crippen LogP contribution is 2.37. The highest BCUT2D eigenvalue weighted by atomic mass is 16.2. The van der Waals surface area contributed by atoms with E-state index in [4.69, 9.17) is 0 Å². The third kappa shape index (κ3) is 3.18. The van der Waals surface area contributed by atoms with E-state index in [-0.39, 0.29) is 42.1 Å². The number of nitrogens with one attached hydrogen (secondary N) is 1. The van der Waals surface area contributed by atoms with E-state index in [1.54, 1.807) is 0 Å². The molecule has 0 unspecified atom stereocenters. The lowest BCUT2D eigenvalue weighted by Crippen LogP contribution is -2.44. The predicted molar refractivity (Wildman–Crippen MR) is 81.8 cm³/mol. The summed E-state index contributed by atoms with van der Waals surface area (Å²) in [7, 11) is 0. The van der Waals surface area contributed by atoms with Crippen molar-refractivity contribution in [2.75, 3.05) is 6.54 Å². The van der Waals surface area contributed by atoms with Gasteiger partial charge in [0.25, 0.3) is 0 Å². The van der Waals surface area contributed by atoms with Crippen LogP contribution in [0.1, 0.15) is 64.2 Å². The van der Waals surface area contributed by atoms with Crippen molar-refractivity contribution in [3.63, 3.8) is 0 Å². The monoisotopic (exact) mass is 306 g/mol. The van der Waals surface area contributed by atoms with Gasteiger partial charge in [-0.15, -0.1) is 0 Å². The maximum Gasteiger partial charge on any atom is 0.240 e. The van der Waals surface area contributed by atoms with Gasteiger partial charge in [-0.3, -0.25) is 19.3 Å². The predicted octanol–water partition coefficient (Wildman–Crippen LogP) is 2.00. The summed E-state index contributed by atoms with van der Waals surface area (Å²) < 4.78 is 0. The van der Waals surface area contributed by atoms with E-state index in [1.807, 2.05) is 0 Å². The van der Waals surface area contributed by atoms with Crippen molar-refractivity contribution in [3.8, 4) is 0 Å². The number of amides is 3. The lowest BCUT2D eigenvalue weighted by atomic mass is 9.81. The molecule has 3 fully saturated rings. The van der Waals surface area contributed by atoms with E-state index >= 15 is 0 Å². The van der Waals surface area contributed by atoms with Crippen LogP contribution in [-0.4, -0.2) is 35.2 Å². The Morgan fingerprint density at radius 3 is 1.91 bits per heavy atom. The second-order valence-electron chi connectivity index (χ2n) is 7.02. The van der Waals surface area contributed by atoms with Crippen molar-refractivity contribution in [1.29, 1.82) is 0 Å². The third-order valence-electron chi connectivity index (χ3n) is 5.45. The van der Waals surface area contributed by atoms with Gasteiger partial charge < -0.3 is 5.32 Å². The van der Waals surface area contributed by atoms with Crippen molar-refractivity contribution in [2.45, 2.75) is 70.3 Å². The highest BCUT2D eigenvalue weighted by molar-refractivity contribution is 6.07. The van der Waals surface area contributed by atoms with Gasteiger partial charge in [0.05, 0.1) is 11.8 Å². The van der Waals surface area contributed by atoms with Crippen LogP contribution < -0.4 is 5.32 Å².